The summed E-state index contributed by atoms with van der Waals surface area (Å²) in [5.74, 6) is 0.822. The number of hydrogen-bond acceptors (Lipinski definition) is 2. The van der Waals surface area contributed by atoms with Crippen molar-refractivity contribution in [2.24, 2.45) is 0 Å². The Hall–Kier alpha value is -1.54. The van der Waals surface area contributed by atoms with E-state index in [0.29, 0.717) is 0 Å². The zero-order valence-corrected chi connectivity index (χ0v) is 9.12. The van der Waals surface area contributed by atoms with Gasteiger partial charge in [0.2, 0.25) is 0 Å². The van der Waals surface area contributed by atoms with E-state index in [1.165, 1.54) is 0 Å². The maximum Gasteiger partial charge on any atom is 0.130 e. The van der Waals surface area contributed by atoms with E-state index >= 15 is 0 Å². The van der Waals surface area contributed by atoms with Crippen LogP contribution in [0.3, 0.4) is 0 Å². The molecule has 0 aliphatic rings. The molecule has 1 aromatic heterocycles. The van der Waals surface area contributed by atoms with E-state index in [1.54, 1.807) is 6.20 Å². The SMILES string of the molecule is Cc1ccc(Cl)cc1Nc1ccccn1. The van der Waals surface area contributed by atoms with Crippen molar-refractivity contribution in [1.82, 2.24) is 4.98 Å². The zero-order valence-electron chi connectivity index (χ0n) is 8.37. The second-order valence-corrected chi connectivity index (χ2v) is 3.74. The molecule has 2 rings (SSSR count). The van der Waals surface area contributed by atoms with Crippen LogP contribution in [0.25, 0.3) is 0 Å². The van der Waals surface area contributed by atoms with Gasteiger partial charge >= 0.3 is 0 Å². The Morgan fingerprint density at radius 1 is 1.20 bits per heavy atom. The fourth-order valence-corrected chi connectivity index (χ4v) is 1.48. The third kappa shape index (κ3) is 2.48. The zero-order chi connectivity index (χ0) is 10.7. The number of hydrogen-bond donors (Lipinski definition) is 1. The van der Waals surface area contributed by atoms with E-state index in [2.05, 4.69) is 10.3 Å². The molecule has 0 spiro atoms. The van der Waals surface area contributed by atoms with Gasteiger partial charge < -0.3 is 5.32 Å². The van der Waals surface area contributed by atoms with E-state index in [9.17, 15) is 0 Å². The Bertz CT molecular complexity index is 454. The van der Waals surface area contributed by atoms with Crippen LogP contribution in [0.15, 0.2) is 42.6 Å². The van der Waals surface area contributed by atoms with Crippen LogP contribution in [0.5, 0.6) is 0 Å². The van der Waals surface area contributed by atoms with Crippen molar-refractivity contribution in [3.63, 3.8) is 0 Å². The molecule has 0 bridgehead atoms. The van der Waals surface area contributed by atoms with Gasteiger partial charge in [0.25, 0.3) is 0 Å². The van der Waals surface area contributed by atoms with E-state index in [1.807, 2.05) is 43.3 Å². The number of benzene rings is 1. The summed E-state index contributed by atoms with van der Waals surface area (Å²) in [7, 11) is 0. The Kier molecular flexibility index (Phi) is 2.88. The molecule has 2 nitrogen and oxygen atoms in total. The molecule has 2 aromatic rings. The molecular formula is C12H11ClN2. The van der Waals surface area contributed by atoms with Crippen LogP contribution in [0.4, 0.5) is 11.5 Å². The van der Waals surface area contributed by atoms with Crippen LogP contribution in [0.1, 0.15) is 5.56 Å². The third-order valence-corrected chi connectivity index (χ3v) is 2.36. The third-order valence-electron chi connectivity index (χ3n) is 2.13. The molecule has 0 fully saturated rings. The number of halogens is 1. The lowest BCUT2D eigenvalue weighted by Crippen LogP contribution is -1.94. The number of pyridine rings is 1. The summed E-state index contributed by atoms with van der Waals surface area (Å²) in [6.45, 7) is 2.03. The van der Waals surface area contributed by atoms with Gasteiger partial charge in [-0.2, -0.15) is 0 Å². The number of nitrogens with zero attached hydrogens (tertiary/aromatic N) is 1. The minimum Gasteiger partial charge on any atom is -0.340 e. The molecule has 15 heavy (non-hydrogen) atoms. The van der Waals surface area contributed by atoms with Gasteiger partial charge in [0.05, 0.1) is 0 Å². The summed E-state index contributed by atoms with van der Waals surface area (Å²) in [5, 5.41) is 3.94. The first-order valence-electron chi connectivity index (χ1n) is 4.70. The van der Waals surface area contributed by atoms with Gasteiger partial charge in [-0.1, -0.05) is 23.7 Å². The fraction of sp³-hybridized carbons (Fsp3) is 0.0833. The second-order valence-electron chi connectivity index (χ2n) is 3.30. The van der Waals surface area contributed by atoms with Crippen LogP contribution in [0.2, 0.25) is 5.02 Å². The molecule has 3 heteroatoms. The predicted molar refractivity (Wildman–Crippen MR) is 63.7 cm³/mol. The number of aryl methyl sites for hydroxylation is 1. The van der Waals surface area contributed by atoms with E-state index in [0.717, 1.165) is 22.1 Å². The second kappa shape index (κ2) is 4.32. The summed E-state index contributed by atoms with van der Waals surface area (Å²) in [5.41, 5.74) is 2.13. The highest BCUT2D eigenvalue weighted by molar-refractivity contribution is 6.30. The van der Waals surface area contributed by atoms with E-state index < -0.39 is 0 Å². The first-order valence-corrected chi connectivity index (χ1v) is 5.08. The molecule has 0 atom stereocenters. The van der Waals surface area contributed by atoms with E-state index in [-0.39, 0.29) is 0 Å². The minimum absolute atomic E-state index is 0.721. The highest BCUT2D eigenvalue weighted by Gasteiger charge is 1.99. The molecular weight excluding hydrogens is 208 g/mol. The summed E-state index contributed by atoms with van der Waals surface area (Å²) in [6, 6.07) is 11.5. The number of nitrogens with one attached hydrogen (secondary N) is 1. The number of aromatic nitrogens is 1. The molecule has 0 aliphatic heterocycles. The number of anilines is 2. The van der Waals surface area contributed by atoms with Crippen LogP contribution in [0, 0.1) is 6.92 Å². The fourth-order valence-electron chi connectivity index (χ4n) is 1.30. The lowest BCUT2D eigenvalue weighted by atomic mass is 10.2. The maximum atomic E-state index is 5.92. The van der Waals surface area contributed by atoms with Crippen LogP contribution < -0.4 is 5.32 Å². The number of rotatable bonds is 2. The van der Waals surface area contributed by atoms with Crippen LogP contribution >= 0.6 is 11.6 Å². The summed E-state index contributed by atoms with van der Waals surface area (Å²) in [4.78, 5) is 4.19. The standard InChI is InChI=1S/C12H11ClN2/c1-9-5-6-10(13)8-11(9)15-12-4-2-3-7-14-12/h2-8H,1H3,(H,14,15). The van der Waals surface area contributed by atoms with Crippen molar-refractivity contribution in [3.05, 3.63) is 53.2 Å². The van der Waals surface area contributed by atoms with Crippen molar-refractivity contribution in [1.29, 1.82) is 0 Å². The Morgan fingerprint density at radius 2 is 2.07 bits per heavy atom. The summed E-state index contributed by atoms with van der Waals surface area (Å²) < 4.78 is 0. The normalized spacial score (nSPS) is 10.0. The largest absolute Gasteiger partial charge is 0.340 e. The van der Waals surface area contributed by atoms with E-state index in [4.69, 9.17) is 11.6 Å². The van der Waals surface area contributed by atoms with Gasteiger partial charge in [0.1, 0.15) is 5.82 Å². The van der Waals surface area contributed by atoms with Gasteiger partial charge in [0.15, 0.2) is 0 Å². The minimum atomic E-state index is 0.721. The molecule has 1 N–H and O–H groups in total. The van der Waals surface area contributed by atoms with Crippen LogP contribution in [-0.4, -0.2) is 4.98 Å². The predicted octanol–water partition coefficient (Wildman–Crippen LogP) is 3.79. The summed E-state index contributed by atoms with van der Waals surface area (Å²) in [6.07, 6.45) is 1.75. The van der Waals surface area contributed by atoms with Crippen molar-refractivity contribution < 1.29 is 0 Å². The molecule has 0 amide bonds. The van der Waals surface area contributed by atoms with Crippen molar-refractivity contribution in [2.45, 2.75) is 6.92 Å². The molecule has 0 saturated carbocycles. The summed E-state index contributed by atoms with van der Waals surface area (Å²) >= 11 is 5.92. The van der Waals surface area contributed by atoms with Gasteiger partial charge in [0, 0.05) is 16.9 Å². The lowest BCUT2D eigenvalue weighted by Gasteiger charge is -2.08. The highest BCUT2D eigenvalue weighted by atomic mass is 35.5. The Morgan fingerprint density at radius 3 is 2.80 bits per heavy atom. The van der Waals surface area contributed by atoms with Gasteiger partial charge in [-0.15, -0.1) is 0 Å². The first-order chi connectivity index (χ1) is 7.25. The highest BCUT2D eigenvalue weighted by Crippen LogP contribution is 2.22. The van der Waals surface area contributed by atoms with Crippen molar-refractivity contribution >= 4 is 23.1 Å². The van der Waals surface area contributed by atoms with Gasteiger partial charge in [-0.05, 0) is 36.8 Å². The lowest BCUT2D eigenvalue weighted by molar-refractivity contribution is 1.30. The smallest absolute Gasteiger partial charge is 0.130 e. The molecule has 1 heterocycles. The van der Waals surface area contributed by atoms with Gasteiger partial charge in [-0.3, -0.25) is 0 Å². The average molecular weight is 219 g/mol. The van der Waals surface area contributed by atoms with Gasteiger partial charge in [-0.25, -0.2) is 4.98 Å². The van der Waals surface area contributed by atoms with Crippen molar-refractivity contribution in [3.8, 4) is 0 Å². The van der Waals surface area contributed by atoms with Crippen molar-refractivity contribution in [2.75, 3.05) is 5.32 Å². The first kappa shape index (κ1) is 9.99. The molecule has 0 radical (unpaired) electrons. The Labute approximate surface area is 93.9 Å². The quantitative estimate of drug-likeness (QED) is 0.830. The maximum absolute atomic E-state index is 5.92. The molecule has 1 aromatic carbocycles. The average Bonchev–Trinajstić information content (AvgIpc) is 2.25. The topological polar surface area (TPSA) is 24.9 Å². The molecule has 0 unspecified atom stereocenters. The Balaban J connectivity index is 2.28. The molecule has 0 saturated heterocycles. The van der Waals surface area contributed by atoms with Crippen LogP contribution in [-0.2, 0) is 0 Å². The molecule has 76 valence electrons. The molecule has 0 aliphatic carbocycles. The monoisotopic (exact) mass is 218 g/mol.